The third-order valence-corrected chi connectivity index (χ3v) is 2.33. The van der Waals surface area contributed by atoms with Gasteiger partial charge in [0.05, 0.1) is 18.4 Å². The van der Waals surface area contributed by atoms with E-state index in [0.29, 0.717) is 5.75 Å². The SMILES string of the molecule is COc1ccc(C=C(C#N)C(N)=C(C#N)C#N)cc1. The first-order valence-electron chi connectivity index (χ1n) is 5.22. The van der Waals surface area contributed by atoms with E-state index in [2.05, 4.69) is 0 Å². The highest BCUT2D eigenvalue weighted by Gasteiger charge is 2.07. The van der Waals surface area contributed by atoms with Crippen molar-refractivity contribution < 1.29 is 4.74 Å². The van der Waals surface area contributed by atoms with Crippen molar-refractivity contribution in [3.63, 3.8) is 0 Å². The van der Waals surface area contributed by atoms with E-state index < -0.39 is 0 Å². The van der Waals surface area contributed by atoms with Crippen LogP contribution in [0, 0.1) is 34.0 Å². The summed E-state index contributed by atoms with van der Waals surface area (Å²) in [5.41, 5.74) is 6.01. The topological polar surface area (TPSA) is 107 Å². The Morgan fingerprint density at radius 1 is 1.11 bits per heavy atom. The first-order chi connectivity index (χ1) is 9.15. The van der Waals surface area contributed by atoms with Crippen molar-refractivity contribution in [3.05, 3.63) is 46.7 Å². The molecule has 1 rings (SSSR count). The van der Waals surface area contributed by atoms with E-state index >= 15 is 0 Å². The number of ether oxygens (including phenoxy) is 1. The van der Waals surface area contributed by atoms with E-state index in [0.717, 1.165) is 5.56 Å². The van der Waals surface area contributed by atoms with E-state index in [1.54, 1.807) is 43.5 Å². The Labute approximate surface area is 111 Å². The van der Waals surface area contributed by atoms with Gasteiger partial charge in [0, 0.05) is 0 Å². The van der Waals surface area contributed by atoms with Gasteiger partial charge < -0.3 is 10.5 Å². The Morgan fingerprint density at radius 2 is 1.68 bits per heavy atom. The molecular weight excluding hydrogens is 240 g/mol. The zero-order chi connectivity index (χ0) is 14.3. The molecule has 1 aromatic rings. The minimum absolute atomic E-state index is 0.0725. The predicted molar refractivity (Wildman–Crippen MR) is 69.0 cm³/mol. The molecule has 0 heterocycles. The summed E-state index contributed by atoms with van der Waals surface area (Å²) in [4.78, 5) is 0. The predicted octanol–water partition coefficient (Wildman–Crippen LogP) is 1.86. The summed E-state index contributed by atoms with van der Waals surface area (Å²) in [5.74, 6) is 0.689. The third kappa shape index (κ3) is 3.36. The second kappa shape index (κ2) is 6.49. The van der Waals surface area contributed by atoms with Crippen molar-refractivity contribution in [2.45, 2.75) is 0 Å². The van der Waals surface area contributed by atoms with Crippen LogP contribution < -0.4 is 10.5 Å². The van der Waals surface area contributed by atoms with Gasteiger partial charge in [0.2, 0.25) is 0 Å². The van der Waals surface area contributed by atoms with Gasteiger partial charge in [-0.05, 0) is 23.8 Å². The Hall–Kier alpha value is -3.23. The van der Waals surface area contributed by atoms with Crippen LogP contribution in [-0.4, -0.2) is 7.11 Å². The van der Waals surface area contributed by atoms with Crippen molar-refractivity contribution in [1.82, 2.24) is 0 Å². The highest BCUT2D eigenvalue weighted by Crippen LogP contribution is 2.16. The lowest BCUT2D eigenvalue weighted by Gasteiger charge is -2.01. The molecule has 0 atom stereocenters. The smallest absolute Gasteiger partial charge is 0.153 e. The van der Waals surface area contributed by atoms with Crippen LogP contribution >= 0.6 is 0 Å². The maximum Gasteiger partial charge on any atom is 0.153 e. The maximum atomic E-state index is 9.02. The van der Waals surface area contributed by atoms with Gasteiger partial charge in [-0.3, -0.25) is 0 Å². The monoisotopic (exact) mass is 250 g/mol. The van der Waals surface area contributed by atoms with Gasteiger partial charge in [-0.25, -0.2) is 0 Å². The number of nitrogens with two attached hydrogens (primary N) is 1. The molecule has 5 nitrogen and oxygen atoms in total. The summed E-state index contributed by atoms with van der Waals surface area (Å²) in [5, 5.41) is 26.4. The largest absolute Gasteiger partial charge is 0.497 e. The molecule has 0 aromatic heterocycles. The Balaban J connectivity index is 3.21. The Kier molecular flexibility index (Phi) is 4.73. The zero-order valence-corrected chi connectivity index (χ0v) is 10.2. The minimum Gasteiger partial charge on any atom is -0.497 e. The lowest BCUT2D eigenvalue weighted by Crippen LogP contribution is -2.03. The summed E-state index contributed by atoms with van der Waals surface area (Å²) in [6.07, 6.45) is 1.50. The molecule has 0 spiro atoms. The van der Waals surface area contributed by atoms with Crippen LogP contribution in [0.1, 0.15) is 5.56 Å². The van der Waals surface area contributed by atoms with E-state index in [-0.39, 0.29) is 16.8 Å². The molecule has 19 heavy (non-hydrogen) atoms. The third-order valence-electron chi connectivity index (χ3n) is 2.33. The van der Waals surface area contributed by atoms with Crippen LogP contribution in [0.4, 0.5) is 0 Å². The summed E-state index contributed by atoms with van der Waals surface area (Å²) < 4.78 is 5.02. The van der Waals surface area contributed by atoms with Crippen molar-refractivity contribution in [1.29, 1.82) is 15.8 Å². The summed E-state index contributed by atoms with van der Waals surface area (Å²) in [6.45, 7) is 0. The minimum atomic E-state index is -0.277. The molecule has 0 unspecified atom stereocenters. The van der Waals surface area contributed by atoms with Crippen molar-refractivity contribution in [2.75, 3.05) is 7.11 Å². The van der Waals surface area contributed by atoms with Gasteiger partial charge in [0.25, 0.3) is 0 Å². The molecule has 0 saturated heterocycles. The standard InChI is InChI=1S/C14H10N4O/c1-19-13-4-2-10(3-5-13)6-11(7-15)14(18)12(8-16)9-17/h2-6H,18H2,1H3. The number of nitriles is 3. The second-order valence-corrected chi connectivity index (χ2v) is 3.46. The summed E-state index contributed by atoms with van der Waals surface area (Å²) >= 11 is 0. The molecule has 0 fully saturated rings. The number of methoxy groups -OCH3 is 1. The second-order valence-electron chi connectivity index (χ2n) is 3.46. The molecule has 0 radical (unpaired) electrons. The number of nitrogens with zero attached hydrogens (tertiary/aromatic N) is 3. The van der Waals surface area contributed by atoms with Gasteiger partial charge >= 0.3 is 0 Å². The Bertz CT molecular complexity index is 633. The molecule has 0 aliphatic rings. The van der Waals surface area contributed by atoms with Gasteiger partial charge in [-0.15, -0.1) is 0 Å². The normalized spacial score (nSPS) is 9.68. The van der Waals surface area contributed by atoms with E-state index in [1.165, 1.54) is 6.08 Å². The van der Waals surface area contributed by atoms with Gasteiger partial charge in [0.1, 0.15) is 24.0 Å². The summed E-state index contributed by atoms with van der Waals surface area (Å²) in [6, 6.07) is 12.1. The molecule has 0 aliphatic carbocycles. The fourth-order valence-corrected chi connectivity index (χ4v) is 1.32. The average molecular weight is 250 g/mol. The number of hydrogen-bond donors (Lipinski definition) is 1. The summed E-state index contributed by atoms with van der Waals surface area (Å²) in [7, 11) is 1.55. The van der Waals surface area contributed by atoms with Crippen molar-refractivity contribution in [2.24, 2.45) is 5.73 Å². The number of rotatable bonds is 3. The molecule has 0 saturated carbocycles. The fraction of sp³-hybridized carbons (Fsp3) is 0.0714. The van der Waals surface area contributed by atoms with Crippen molar-refractivity contribution >= 4 is 6.08 Å². The lowest BCUT2D eigenvalue weighted by molar-refractivity contribution is 0.415. The number of allylic oxidation sites excluding steroid dienone is 2. The Morgan fingerprint density at radius 3 is 2.11 bits per heavy atom. The van der Waals surface area contributed by atoms with Crippen molar-refractivity contribution in [3.8, 4) is 24.0 Å². The highest BCUT2D eigenvalue weighted by atomic mass is 16.5. The molecule has 0 amide bonds. The molecule has 2 N–H and O–H groups in total. The quantitative estimate of drug-likeness (QED) is 0.650. The van der Waals surface area contributed by atoms with Gasteiger partial charge in [-0.1, -0.05) is 12.1 Å². The molecule has 0 bridgehead atoms. The van der Waals surface area contributed by atoms with Gasteiger partial charge in [0.15, 0.2) is 5.57 Å². The average Bonchev–Trinajstić information content (AvgIpc) is 2.46. The first kappa shape index (κ1) is 13.8. The maximum absolute atomic E-state index is 9.02. The molecule has 0 aliphatic heterocycles. The van der Waals surface area contributed by atoms with E-state index in [4.69, 9.17) is 26.3 Å². The van der Waals surface area contributed by atoms with Crippen LogP contribution in [0.2, 0.25) is 0 Å². The van der Waals surface area contributed by atoms with Crippen LogP contribution in [0.25, 0.3) is 6.08 Å². The van der Waals surface area contributed by atoms with Crippen LogP contribution in [0.5, 0.6) is 5.75 Å². The van der Waals surface area contributed by atoms with E-state index in [9.17, 15) is 0 Å². The van der Waals surface area contributed by atoms with Gasteiger partial charge in [-0.2, -0.15) is 15.8 Å². The van der Waals surface area contributed by atoms with E-state index in [1.807, 2.05) is 6.07 Å². The zero-order valence-electron chi connectivity index (χ0n) is 10.2. The molecular formula is C14H10N4O. The van der Waals surface area contributed by atoms with Crippen LogP contribution in [0.15, 0.2) is 41.1 Å². The van der Waals surface area contributed by atoms with Crippen LogP contribution in [-0.2, 0) is 0 Å². The molecule has 5 heteroatoms. The highest BCUT2D eigenvalue weighted by molar-refractivity contribution is 5.66. The van der Waals surface area contributed by atoms with Crippen LogP contribution in [0.3, 0.4) is 0 Å². The lowest BCUT2D eigenvalue weighted by atomic mass is 10.1. The molecule has 1 aromatic carbocycles. The fourth-order valence-electron chi connectivity index (χ4n) is 1.32. The molecule has 92 valence electrons. The first-order valence-corrected chi connectivity index (χ1v) is 5.22. The number of hydrogen-bond acceptors (Lipinski definition) is 5. The number of benzene rings is 1.